The van der Waals surface area contributed by atoms with Crippen LogP contribution in [-0.4, -0.2) is 40.6 Å². The molecule has 0 bridgehead atoms. The van der Waals surface area contributed by atoms with Crippen LogP contribution in [0.1, 0.15) is 36.5 Å². The van der Waals surface area contributed by atoms with Crippen molar-refractivity contribution >= 4 is 30.1 Å². The molecule has 1 aromatic rings. The zero-order valence-electron chi connectivity index (χ0n) is 10.8. The van der Waals surface area contributed by atoms with Crippen molar-refractivity contribution in [2.75, 3.05) is 6.54 Å². The van der Waals surface area contributed by atoms with Gasteiger partial charge in [-0.15, -0.1) is 0 Å². The molecule has 1 heterocycles. The number of benzene rings is 1. The van der Waals surface area contributed by atoms with Crippen molar-refractivity contribution in [3.63, 3.8) is 0 Å². The maximum absolute atomic E-state index is 12.4. The van der Waals surface area contributed by atoms with Crippen molar-refractivity contribution in [1.82, 2.24) is 4.90 Å². The maximum atomic E-state index is 12.4. The smallest absolute Gasteiger partial charge is 0.423 e. The Bertz CT molecular complexity index is 481. The topological polar surface area (TPSA) is 60.8 Å². The summed E-state index contributed by atoms with van der Waals surface area (Å²) in [6.45, 7) is 2.79. The molecule has 2 rings (SSSR count). The molecule has 1 aromatic carbocycles. The number of carbonyl (C=O) groups excluding carboxylic acids is 1. The Labute approximate surface area is 118 Å². The molecule has 1 saturated heterocycles. The van der Waals surface area contributed by atoms with Crippen molar-refractivity contribution in [2.24, 2.45) is 0 Å². The number of amides is 1. The van der Waals surface area contributed by atoms with Crippen LogP contribution in [0.5, 0.6) is 0 Å². The highest BCUT2D eigenvalue weighted by atomic mass is 35.5. The van der Waals surface area contributed by atoms with Gasteiger partial charge in [0.2, 0.25) is 0 Å². The predicted molar refractivity (Wildman–Crippen MR) is 75.6 cm³/mol. The summed E-state index contributed by atoms with van der Waals surface area (Å²) in [7, 11) is -1.57. The van der Waals surface area contributed by atoms with Gasteiger partial charge in [-0.2, -0.15) is 0 Å². The second kappa shape index (κ2) is 5.95. The number of hydrogen-bond donors (Lipinski definition) is 2. The summed E-state index contributed by atoms with van der Waals surface area (Å²) < 4.78 is 0. The van der Waals surface area contributed by atoms with Gasteiger partial charge in [0, 0.05) is 12.6 Å². The molecule has 0 radical (unpaired) electrons. The lowest BCUT2D eigenvalue weighted by Gasteiger charge is -2.33. The molecule has 1 aliphatic rings. The first kappa shape index (κ1) is 14.4. The van der Waals surface area contributed by atoms with Crippen LogP contribution < -0.4 is 5.46 Å². The Hall–Kier alpha value is -1.04. The number of piperidine rings is 1. The van der Waals surface area contributed by atoms with Gasteiger partial charge in [-0.3, -0.25) is 4.79 Å². The van der Waals surface area contributed by atoms with Crippen LogP contribution in [-0.2, 0) is 0 Å². The molecule has 0 aliphatic carbocycles. The minimum Gasteiger partial charge on any atom is -0.423 e. The summed E-state index contributed by atoms with van der Waals surface area (Å²) in [6.07, 6.45) is 3.17. The molecule has 19 heavy (non-hydrogen) atoms. The molecule has 6 heteroatoms. The third kappa shape index (κ3) is 3.11. The van der Waals surface area contributed by atoms with Crippen LogP contribution >= 0.6 is 11.6 Å². The molecule has 0 spiro atoms. The van der Waals surface area contributed by atoms with Gasteiger partial charge in [0.25, 0.3) is 5.91 Å². The highest BCUT2D eigenvalue weighted by molar-refractivity contribution is 6.59. The van der Waals surface area contributed by atoms with Crippen molar-refractivity contribution in [1.29, 1.82) is 0 Å². The van der Waals surface area contributed by atoms with E-state index in [9.17, 15) is 4.79 Å². The SMILES string of the molecule is CC1CCCCN1C(=O)c1ccc(B(O)O)cc1Cl. The first-order valence-corrected chi connectivity index (χ1v) is 6.85. The van der Waals surface area contributed by atoms with E-state index >= 15 is 0 Å². The molecule has 1 unspecified atom stereocenters. The number of rotatable bonds is 2. The average Bonchev–Trinajstić information content (AvgIpc) is 2.38. The molecule has 0 aromatic heterocycles. The normalized spacial score (nSPS) is 19.4. The van der Waals surface area contributed by atoms with E-state index in [-0.39, 0.29) is 22.4 Å². The van der Waals surface area contributed by atoms with Crippen molar-refractivity contribution in [2.45, 2.75) is 32.2 Å². The molecule has 0 saturated carbocycles. The van der Waals surface area contributed by atoms with Gasteiger partial charge >= 0.3 is 7.12 Å². The summed E-state index contributed by atoms with van der Waals surface area (Å²) in [6, 6.07) is 4.72. The van der Waals surface area contributed by atoms with Crippen LogP contribution in [0, 0.1) is 0 Å². The zero-order valence-corrected chi connectivity index (χ0v) is 11.6. The highest BCUT2D eigenvalue weighted by Crippen LogP contribution is 2.22. The van der Waals surface area contributed by atoms with E-state index in [0.717, 1.165) is 25.8 Å². The van der Waals surface area contributed by atoms with Crippen LogP contribution in [0.2, 0.25) is 5.02 Å². The summed E-state index contributed by atoms with van der Waals surface area (Å²) in [5.41, 5.74) is 0.702. The summed E-state index contributed by atoms with van der Waals surface area (Å²) in [4.78, 5) is 14.3. The quantitative estimate of drug-likeness (QED) is 0.796. The molecule has 4 nitrogen and oxygen atoms in total. The number of hydrogen-bond acceptors (Lipinski definition) is 3. The first-order chi connectivity index (χ1) is 9.00. The van der Waals surface area contributed by atoms with Crippen molar-refractivity contribution in [3.05, 3.63) is 28.8 Å². The first-order valence-electron chi connectivity index (χ1n) is 6.47. The van der Waals surface area contributed by atoms with Crippen molar-refractivity contribution < 1.29 is 14.8 Å². The molecule has 2 N–H and O–H groups in total. The third-order valence-electron chi connectivity index (χ3n) is 3.59. The number of halogens is 1. The molecule has 1 amide bonds. The molecule has 1 fully saturated rings. The van der Waals surface area contributed by atoms with E-state index in [1.807, 2.05) is 11.8 Å². The lowest BCUT2D eigenvalue weighted by atomic mass is 9.80. The maximum Gasteiger partial charge on any atom is 0.488 e. The van der Waals surface area contributed by atoms with Gasteiger partial charge in [0.1, 0.15) is 0 Å². The van der Waals surface area contributed by atoms with Crippen molar-refractivity contribution in [3.8, 4) is 0 Å². The molecule has 102 valence electrons. The Morgan fingerprint density at radius 1 is 1.42 bits per heavy atom. The van der Waals surface area contributed by atoms with E-state index in [1.165, 1.54) is 12.1 Å². The van der Waals surface area contributed by atoms with E-state index in [4.69, 9.17) is 21.6 Å². The Morgan fingerprint density at radius 2 is 2.16 bits per heavy atom. The van der Waals surface area contributed by atoms with E-state index in [0.29, 0.717) is 5.56 Å². The fraction of sp³-hybridized carbons (Fsp3) is 0.462. The minimum absolute atomic E-state index is 0.0869. The number of likely N-dealkylation sites (tertiary alicyclic amines) is 1. The van der Waals surface area contributed by atoms with Gasteiger partial charge in [0.05, 0.1) is 10.6 Å². The molecule has 1 atom stereocenters. The fourth-order valence-corrected chi connectivity index (χ4v) is 2.69. The van der Waals surface area contributed by atoms with Crippen LogP contribution in [0.25, 0.3) is 0 Å². The zero-order chi connectivity index (χ0) is 14.0. The van der Waals surface area contributed by atoms with Gasteiger partial charge in [-0.05, 0) is 43.8 Å². The Morgan fingerprint density at radius 3 is 2.74 bits per heavy atom. The number of nitrogens with zero attached hydrogens (tertiary/aromatic N) is 1. The van der Waals surface area contributed by atoms with Gasteiger partial charge < -0.3 is 14.9 Å². The van der Waals surface area contributed by atoms with E-state index in [2.05, 4.69) is 0 Å². The van der Waals surface area contributed by atoms with Gasteiger partial charge in [-0.1, -0.05) is 17.7 Å². The Balaban J connectivity index is 2.23. The average molecular weight is 282 g/mol. The van der Waals surface area contributed by atoms with Crippen LogP contribution in [0.4, 0.5) is 0 Å². The molecular formula is C13H17BClNO3. The number of carbonyl (C=O) groups is 1. The lowest BCUT2D eigenvalue weighted by Crippen LogP contribution is -2.42. The standard InChI is InChI=1S/C13H17BClNO3/c1-9-4-2-3-7-16(9)13(17)11-6-5-10(14(18)19)8-12(11)15/h5-6,8-9,18-19H,2-4,7H2,1H3. The molecular weight excluding hydrogens is 264 g/mol. The summed E-state index contributed by atoms with van der Waals surface area (Å²) in [5.74, 6) is -0.0869. The monoisotopic (exact) mass is 281 g/mol. The minimum atomic E-state index is -1.57. The summed E-state index contributed by atoms with van der Waals surface area (Å²) >= 11 is 6.07. The second-order valence-corrected chi connectivity index (χ2v) is 5.36. The fourth-order valence-electron chi connectivity index (χ4n) is 2.42. The Kier molecular flexibility index (Phi) is 4.50. The predicted octanol–water partition coefficient (Wildman–Crippen LogP) is 1.03. The summed E-state index contributed by atoms with van der Waals surface area (Å²) in [5, 5.41) is 18.4. The lowest BCUT2D eigenvalue weighted by molar-refractivity contribution is 0.0636. The second-order valence-electron chi connectivity index (χ2n) is 4.96. The van der Waals surface area contributed by atoms with Gasteiger partial charge in [-0.25, -0.2) is 0 Å². The van der Waals surface area contributed by atoms with E-state index < -0.39 is 7.12 Å². The third-order valence-corrected chi connectivity index (χ3v) is 3.90. The van der Waals surface area contributed by atoms with Crippen LogP contribution in [0.3, 0.4) is 0 Å². The van der Waals surface area contributed by atoms with Gasteiger partial charge in [0.15, 0.2) is 0 Å². The van der Waals surface area contributed by atoms with E-state index in [1.54, 1.807) is 6.07 Å². The largest absolute Gasteiger partial charge is 0.488 e. The van der Waals surface area contributed by atoms with Crippen LogP contribution in [0.15, 0.2) is 18.2 Å². The highest BCUT2D eigenvalue weighted by Gasteiger charge is 2.26. The molecule has 1 aliphatic heterocycles.